The summed E-state index contributed by atoms with van der Waals surface area (Å²) in [5.74, 6) is 1.14. The Labute approximate surface area is 138 Å². The van der Waals surface area contributed by atoms with Crippen molar-refractivity contribution in [3.8, 4) is 5.75 Å². The van der Waals surface area contributed by atoms with Gasteiger partial charge in [0.1, 0.15) is 5.75 Å². The summed E-state index contributed by atoms with van der Waals surface area (Å²) in [6.45, 7) is 12.3. The molecule has 1 aromatic rings. The van der Waals surface area contributed by atoms with Crippen LogP contribution in [0.3, 0.4) is 0 Å². The second kappa shape index (κ2) is 5.64. The third-order valence-electron chi connectivity index (χ3n) is 5.50. The van der Waals surface area contributed by atoms with E-state index in [-0.39, 0.29) is 16.9 Å². The summed E-state index contributed by atoms with van der Waals surface area (Å²) in [7, 11) is 1.60. The average molecular weight is 330 g/mol. The minimum absolute atomic E-state index is 0.205. The van der Waals surface area contributed by atoms with Gasteiger partial charge in [0.15, 0.2) is 0 Å². The molecule has 2 nitrogen and oxygen atoms in total. The number of nitrogens with one attached hydrogen (secondary N) is 1. The van der Waals surface area contributed by atoms with Crippen molar-refractivity contribution in [2.24, 2.45) is 16.7 Å². The van der Waals surface area contributed by atoms with E-state index in [0.29, 0.717) is 21.7 Å². The highest BCUT2D eigenvalue weighted by atomic mass is 35.5. The molecule has 21 heavy (non-hydrogen) atoms. The number of ether oxygens (including phenoxy) is 1. The van der Waals surface area contributed by atoms with Gasteiger partial charge in [-0.3, -0.25) is 0 Å². The molecule has 0 spiro atoms. The molecule has 0 aromatic heterocycles. The summed E-state index contributed by atoms with van der Waals surface area (Å²) in [5.41, 5.74) is 1.61. The van der Waals surface area contributed by atoms with Crippen LogP contribution in [0.15, 0.2) is 12.1 Å². The molecule has 0 bridgehead atoms. The molecule has 0 heterocycles. The first-order valence-electron chi connectivity index (χ1n) is 7.44. The molecule has 1 saturated carbocycles. The van der Waals surface area contributed by atoms with Crippen LogP contribution in [0.1, 0.15) is 46.2 Å². The monoisotopic (exact) mass is 329 g/mol. The first kappa shape index (κ1) is 16.9. The zero-order valence-corrected chi connectivity index (χ0v) is 15.2. The van der Waals surface area contributed by atoms with Crippen molar-refractivity contribution in [3.63, 3.8) is 0 Å². The van der Waals surface area contributed by atoms with Gasteiger partial charge in [0, 0.05) is 17.1 Å². The van der Waals surface area contributed by atoms with Crippen LogP contribution in [0.25, 0.3) is 0 Å². The van der Waals surface area contributed by atoms with E-state index in [2.05, 4.69) is 39.9 Å². The van der Waals surface area contributed by atoms with E-state index >= 15 is 0 Å². The number of hydrogen-bond acceptors (Lipinski definition) is 2. The highest BCUT2D eigenvalue weighted by Gasteiger charge is 2.67. The van der Waals surface area contributed by atoms with Crippen LogP contribution in [0.2, 0.25) is 10.0 Å². The fraction of sp³-hybridized carbons (Fsp3) is 0.647. The van der Waals surface area contributed by atoms with E-state index in [1.54, 1.807) is 7.11 Å². The van der Waals surface area contributed by atoms with Crippen molar-refractivity contribution in [1.29, 1.82) is 0 Å². The lowest BCUT2D eigenvalue weighted by Crippen LogP contribution is -2.25. The van der Waals surface area contributed by atoms with E-state index < -0.39 is 0 Å². The highest BCUT2D eigenvalue weighted by Crippen LogP contribution is 2.72. The summed E-state index contributed by atoms with van der Waals surface area (Å²) in [6, 6.07) is 3.96. The Morgan fingerprint density at radius 3 is 2.14 bits per heavy atom. The average Bonchev–Trinajstić information content (AvgIpc) is 2.80. The number of benzene rings is 1. The second-order valence-electron chi connectivity index (χ2n) is 6.96. The van der Waals surface area contributed by atoms with Crippen molar-refractivity contribution in [2.45, 2.75) is 40.7 Å². The van der Waals surface area contributed by atoms with E-state index in [4.69, 9.17) is 27.9 Å². The van der Waals surface area contributed by atoms with E-state index in [1.165, 1.54) is 0 Å². The summed E-state index contributed by atoms with van der Waals surface area (Å²) >= 11 is 12.8. The van der Waals surface area contributed by atoms with Gasteiger partial charge in [-0.25, -0.2) is 0 Å². The van der Waals surface area contributed by atoms with Crippen LogP contribution in [0.4, 0.5) is 0 Å². The number of hydrogen-bond donors (Lipinski definition) is 1. The lowest BCUT2D eigenvalue weighted by Gasteiger charge is -2.23. The third kappa shape index (κ3) is 2.67. The summed E-state index contributed by atoms with van der Waals surface area (Å²) in [6.07, 6.45) is 0. The topological polar surface area (TPSA) is 21.3 Å². The van der Waals surface area contributed by atoms with Crippen molar-refractivity contribution in [1.82, 2.24) is 5.32 Å². The molecule has 1 aliphatic carbocycles. The van der Waals surface area contributed by atoms with Crippen molar-refractivity contribution in [3.05, 3.63) is 27.7 Å². The summed E-state index contributed by atoms with van der Waals surface area (Å²) < 4.78 is 5.24. The van der Waals surface area contributed by atoms with Crippen LogP contribution < -0.4 is 10.1 Å². The molecular weight excluding hydrogens is 305 g/mol. The predicted octanol–water partition coefficient (Wildman–Crippen LogP) is 5.33. The SMILES string of the molecule is CCNC(c1cc(Cl)c(OC)cc1Cl)C1C(C)(C)C1(C)C. The maximum absolute atomic E-state index is 6.49. The maximum Gasteiger partial charge on any atom is 0.138 e. The molecule has 1 unspecified atom stereocenters. The highest BCUT2D eigenvalue weighted by molar-refractivity contribution is 6.34. The molecule has 2 rings (SSSR count). The quantitative estimate of drug-likeness (QED) is 0.787. The normalized spacial score (nSPS) is 21.1. The van der Waals surface area contributed by atoms with Gasteiger partial charge in [0.25, 0.3) is 0 Å². The first-order valence-corrected chi connectivity index (χ1v) is 8.20. The first-order chi connectivity index (χ1) is 9.68. The third-order valence-corrected chi connectivity index (χ3v) is 6.12. The Hall–Kier alpha value is -0.440. The molecule has 118 valence electrons. The molecule has 4 heteroatoms. The standard InChI is InChI=1S/C17H25Cl2NO/c1-7-20-14(15-16(2,3)17(15,4)5)10-8-12(19)13(21-6)9-11(10)18/h8-9,14-15,20H,7H2,1-6H3. The van der Waals surface area contributed by atoms with Gasteiger partial charge in [-0.05, 0) is 34.9 Å². The van der Waals surface area contributed by atoms with Gasteiger partial charge >= 0.3 is 0 Å². The van der Waals surface area contributed by atoms with E-state index in [9.17, 15) is 0 Å². The molecule has 1 aromatic carbocycles. The predicted molar refractivity (Wildman–Crippen MR) is 90.5 cm³/mol. The molecule has 1 atom stereocenters. The van der Waals surface area contributed by atoms with Gasteiger partial charge in [-0.2, -0.15) is 0 Å². The van der Waals surface area contributed by atoms with Crippen LogP contribution in [-0.2, 0) is 0 Å². The van der Waals surface area contributed by atoms with Crippen LogP contribution in [0.5, 0.6) is 5.75 Å². The minimum Gasteiger partial charge on any atom is -0.495 e. The smallest absolute Gasteiger partial charge is 0.138 e. The second-order valence-corrected chi connectivity index (χ2v) is 7.78. The van der Waals surface area contributed by atoms with Gasteiger partial charge in [-0.15, -0.1) is 0 Å². The van der Waals surface area contributed by atoms with Gasteiger partial charge in [0.05, 0.1) is 12.1 Å². The molecule has 1 aliphatic rings. The van der Waals surface area contributed by atoms with Crippen LogP contribution in [-0.4, -0.2) is 13.7 Å². The Morgan fingerprint density at radius 1 is 1.14 bits per heavy atom. The molecule has 0 radical (unpaired) electrons. The Balaban J connectivity index is 2.43. The Bertz CT molecular complexity index is 526. The van der Waals surface area contributed by atoms with Gasteiger partial charge in [0.2, 0.25) is 0 Å². The lowest BCUT2D eigenvalue weighted by molar-refractivity contribution is 0.409. The maximum atomic E-state index is 6.49. The number of halogens is 2. The molecule has 1 fully saturated rings. The number of methoxy groups -OCH3 is 1. The van der Waals surface area contributed by atoms with Crippen LogP contribution in [0, 0.1) is 16.7 Å². The van der Waals surface area contributed by atoms with Crippen molar-refractivity contribution in [2.75, 3.05) is 13.7 Å². The molecular formula is C17H25Cl2NO. The Morgan fingerprint density at radius 2 is 1.71 bits per heavy atom. The largest absolute Gasteiger partial charge is 0.495 e. The van der Waals surface area contributed by atoms with Crippen molar-refractivity contribution < 1.29 is 4.74 Å². The Kier molecular flexibility index (Phi) is 4.55. The minimum atomic E-state index is 0.205. The summed E-state index contributed by atoms with van der Waals surface area (Å²) in [5, 5.41) is 4.91. The molecule has 0 aliphatic heterocycles. The fourth-order valence-electron chi connectivity index (χ4n) is 3.65. The zero-order valence-electron chi connectivity index (χ0n) is 13.7. The number of rotatable bonds is 5. The fourth-order valence-corrected chi connectivity index (χ4v) is 4.17. The van der Waals surface area contributed by atoms with Gasteiger partial charge < -0.3 is 10.1 Å². The lowest BCUT2D eigenvalue weighted by atomic mass is 9.96. The van der Waals surface area contributed by atoms with Crippen molar-refractivity contribution >= 4 is 23.2 Å². The molecule has 1 N–H and O–H groups in total. The molecule has 0 saturated heterocycles. The van der Waals surface area contributed by atoms with Crippen LogP contribution >= 0.6 is 23.2 Å². The van der Waals surface area contributed by atoms with E-state index in [1.807, 2.05) is 12.1 Å². The van der Waals surface area contributed by atoms with E-state index in [0.717, 1.165) is 12.1 Å². The van der Waals surface area contributed by atoms with Gasteiger partial charge in [-0.1, -0.05) is 57.8 Å². The molecule has 0 amide bonds. The zero-order chi connectivity index (χ0) is 16.0. The summed E-state index contributed by atoms with van der Waals surface area (Å²) in [4.78, 5) is 0.